The van der Waals surface area contributed by atoms with Crippen LogP contribution in [0.5, 0.6) is 0 Å². The number of halogens is 2. The number of benzene rings is 2. The maximum Gasteiger partial charge on any atom is 0.335 e. The van der Waals surface area contributed by atoms with Crippen molar-refractivity contribution in [1.29, 1.82) is 0 Å². The summed E-state index contributed by atoms with van der Waals surface area (Å²) in [6.07, 6.45) is 1.92. The molecule has 0 bridgehead atoms. The summed E-state index contributed by atoms with van der Waals surface area (Å²) in [6.45, 7) is 2.93. The van der Waals surface area contributed by atoms with Gasteiger partial charge in [-0.2, -0.15) is 0 Å². The van der Waals surface area contributed by atoms with Crippen molar-refractivity contribution in [3.63, 3.8) is 0 Å². The molecule has 0 atom stereocenters. The smallest absolute Gasteiger partial charge is 0.335 e. The van der Waals surface area contributed by atoms with Crippen LogP contribution in [0.25, 0.3) is 11.3 Å². The van der Waals surface area contributed by atoms with Crippen molar-refractivity contribution in [3.05, 3.63) is 70.6 Å². The maximum absolute atomic E-state index is 13.7. The Labute approximate surface area is 183 Å². The molecule has 7 nitrogen and oxygen atoms in total. The highest BCUT2D eigenvalue weighted by Gasteiger charge is 2.39. The fraction of sp³-hybridized carbons (Fsp3) is 0.238. The molecule has 0 radical (unpaired) electrons. The molecule has 3 rings (SSSR count). The van der Waals surface area contributed by atoms with Crippen molar-refractivity contribution >= 4 is 30.8 Å². The molecule has 0 spiro atoms. The zero-order valence-electron chi connectivity index (χ0n) is 16.8. The van der Waals surface area contributed by atoms with E-state index in [9.17, 15) is 23.5 Å². The van der Waals surface area contributed by atoms with Gasteiger partial charge < -0.3 is 19.6 Å². The first kappa shape index (κ1) is 23.2. The summed E-state index contributed by atoms with van der Waals surface area (Å²) in [4.78, 5) is 31.3. The van der Waals surface area contributed by atoms with Crippen LogP contribution in [0.1, 0.15) is 31.4 Å². The number of anilines is 1. The predicted molar refractivity (Wildman–Crippen MR) is 115 cm³/mol. The van der Waals surface area contributed by atoms with Crippen LogP contribution in [0.3, 0.4) is 0 Å². The predicted octanol–water partition coefficient (Wildman–Crippen LogP) is 5.12. The molecule has 0 fully saturated rings. The SMILES string of the molecule is CC(C)(c1ccc(NC(=O)CCc2cnoc2-c2ccc(Cl)c(F)c2)cc1)P(=O)(O)O. The first-order valence-electron chi connectivity index (χ1n) is 9.34. The van der Waals surface area contributed by atoms with Crippen LogP contribution >= 0.6 is 19.2 Å². The maximum atomic E-state index is 13.7. The third-order valence-electron chi connectivity index (χ3n) is 5.05. The van der Waals surface area contributed by atoms with Crippen LogP contribution in [0, 0.1) is 5.82 Å². The largest absolute Gasteiger partial charge is 0.356 e. The summed E-state index contributed by atoms with van der Waals surface area (Å²) in [5.41, 5.74) is 2.08. The second kappa shape index (κ2) is 8.93. The number of hydrogen-bond donors (Lipinski definition) is 3. The molecular weight excluding hydrogens is 446 g/mol. The molecule has 1 heterocycles. The Balaban J connectivity index is 1.63. The Morgan fingerprint density at radius 2 is 1.90 bits per heavy atom. The van der Waals surface area contributed by atoms with Gasteiger partial charge in [-0.1, -0.05) is 28.9 Å². The van der Waals surface area contributed by atoms with Crippen LogP contribution in [0.2, 0.25) is 5.02 Å². The molecule has 3 aromatic rings. The van der Waals surface area contributed by atoms with Gasteiger partial charge in [0.25, 0.3) is 0 Å². The van der Waals surface area contributed by atoms with Crippen LogP contribution in [-0.4, -0.2) is 20.9 Å². The molecule has 0 aliphatic heterocycles. The van der Waals surface area contributed by atoms with E-state index in [1.165, 1.54) is 32.2 Å². The van der Waals surface area contributed by atoms with E-state index < -0.39 is 18.6 Å². The van der Waals surface area contributed by atoms with Gasteiger partial charge in [-0.05, 0) is 56.2 Å². The van der Waals surface area contributed by atoms with Crippen molar-refractivity contribution in [3.8, 4) is 11.3 Å². The summed E-state index contributed by atoms with van der Waals surface area (Å²) < 4.78 is 30.6. The van der Waals surface area contributed by atoms with E-state index in [-0.39, 0.29) is 17.4 Å². The van der Waals surface area contributed by atoms with Crippen LogP contribution in [0.15, 0.2) is 53.2 Å². The van der Waals surface area contributed by atoms with Gasteiger partial charge in [-0.3, -0.25) is 9.36 Å². The number of nitrogens with zero attached hydrogens (tertiary/aromatic N) is 1. The minimum absolute atomic E-state index is 0.000562. The Morgan fingerprint density at radius 1 is 1.23 bits per heavy atom. The molecule has 0 unspecified atom stereocenters. The molecule has 0 saturated heterocycles. The molecular formula is C21H21ClFN2O5P. The van der Waals surface area contributed by atoms with Crippen molar-refractivity contribution in [1.82, 2.24) is 5.16 Å². The summed E-state index contributed by atoms with van der Waals surface area (Å²) in [5.74, 6) is -0.478. The number of hydrogen-bond acceptors (Lipinski definition) is 4. The molecule has 0 aliphatic carbocycles. The van der Waals surface area contributed by atoms with Gasteiger partial charge >= 0.3 is 7.60 Å². The highest BCUT2D eigenvalue weighted by atomic mass is 35.5. The number of aryl methyl sites for hydroxylation is 1. The molecule has 164 valence electrons. The lowest BCUT2D eigenvalue weighted by Crippen LogP contribution is -2.17. The summed E-state index contributed by atoms with van der Waals surface area (Å²) >= 11 is 5.71. The Morgan fingerprint density at radius 3 is 2.52 bits per heavy atom. The van der Waals surface area contributed by atoms with Crippen molar-refractivity contribution in [2.75, 3.05) is 5.32 Å². The van der Waals surface area contributed by atoms with E-state index in [0.29, 0.717) is 34.6 Å². The summed E-state index contributed by atoms with van der Waals surface area (Å²) in [5, 5.41) is 5.14. The van der Waals surface area contributed by atoms with Gasteiger partial charge in [0, 0.05) is 23.2 Å². The molecule has 1 amide bonds. The van der Waals surface area contributed by atoms with Gasteiger partial charge in [0.15, 0.2) is 5.76 Å². The van der Waals surface area contributed by atoms with E-state index in [2.05, 4.69) is 10.5 Å². The van der Waals surface area contributed by atoms with Crippen LogP contribution < -0.4 is 5.32 Å². The standard InChI is InChI=1S/C21H21ClFN2O5P/c1-21(2,31(27,28)29)15-5-7-16(8-6-15)25-19(26)10-4-14-12-24-30-20(14)13-3-9-17(22)18(23)11-13/h3,5-9,11-12H,4,10H2,1-2H3,(H,25,26)(H2,27,28,29). The zero-order chi connectivity index (χ0) is 22.8. The third-order valence-corrected chi connectivity index (χ3v) is 7.07. The van der Waals surface area contributed by atoms with Gasteiger partial charge in [0.05, 0.1) is 16.4 Å². The van der Waals surface area contributed by atoms with E-state index in [1.54, 1.807) is 30.3 Å². The zero-order valence-corrected chi connectivity index (χ0v) is 18.5. The first-order valence-corrected chi connectivity index (χ1v) is 11.3. The quantitative estimate of drug-likeness (QED) is 0.417. The second-order valence-corrected chi connectivity index (χ2v) is 10.2. The number of carbonyl (C=O) groups is 1. The molecule has 2 aromatic carbocycles. The molecule has 0 saturated carbocycles. The minimum Gasteiger partial charge on any atom is -0.356 e. The van der Waals surface area contributed by atoms with Gasteiger partial charge in [-0.25, -0.2) is 4.39 Å². The molecule has 1 aromatic heterocycles. The van der Waals surface area contributed by atoms with Crippen molar-refractivity contribution in [2.24, 2.45) is 0 Å². The lowest BCUT2D eigenvalue weighted by Gasteiger charge is -2.26. The fourth-order valence-corrected chi connectivity index (χ4v) is 3.52. The number of amides is 1. The lowest BCUT2D eigenvalue weighted by atomic mass is 10.0. The van der Waals surface area contributed by atoms with E-state index in [4.69, 9.17) is 16.1 Å². The lowest BCUT2D eigenvalue weighted by molar-refractivity contribution is -0.116. The fourth-order valence-electron chi connectivity index (χ4n) is 2.91. The monoisotopic (exact) mass is 466 g/mol. The van der Waals surface area contributed by atoms with Gasteiger partial charge in [0.1, 0.15) is 5.82 Å². The van der Waals surface area contributed by atoms with E-state index >= 15 is 0 Å². The van der Waals surface area contributed by atoms with Crippen molar-refractivity contribution < 1.29 is 28.1 Å². The number of aromatic nitrogens is 1. The highest BCUT2D eigenvalue weighted by Crippen LogP contribution is 2.56. The Hall–Kier alpha value is -2.51. The van der Waals surface area contributed by atoms with E-state index in [0.717, 1.165) is 0 Å². The summed E-state index contributed by atoms with van der Waals surface area (Å²) in [7, 11) is -4.34. The average molecular weight is 467 g/mol. The van der Waals surface area contributed by atoms with Gasteiger partial charge in [0.2, 0.25) is 5.91 Å². The Bertz CT molecular complexity index is 1140. The van der Waals surface area contributed by atoms with Crippen molar-refractivity contribution in [2.45, 2.75) is 31.8 Å². The topological polar surface area (TPSA) is 113 Å². The summed E-state index contributed by atoms with van der Waals surface area (Å²) in [6, 6.07) is 10.6. The number of carbonyl (C=O) groups excluding carboxylic acids is 1. The number of rotatable bonds is 7. The second-order valence-electron chi connectivity index (χ2n) is 7.54. The first-order chi connectivity index (χ1) is 14.5. The van der Waals surface area contributed by atoms with Crippen LogP contribution in [0.4, 0.5) is 10.1 Å². The normalized spacial score (nSPS) is 12.1. The minimum atomic E-state index is -4.34. The number of nitrogens with one attached hydrogen (secondary N) is 1. The molecule has 3 N–H and O–H groups in total. The highest BCUT2D eigenvalue weighted by molar-refractivity contribution is 7.53. The van der Waals surface area contributed by atoms with E-state index in [1.807, 2.05) is 0 Å². The molecule has 31 heavy (non-hydrogen) atoms. The Kier molecular flexibility index (Phi) is 6.67. The molecule has 10 heteroatoms. The average Bonchev–Trinajstić information content (AvgIpc) is 3.17. The van der Waals surface area contributed by atoms with Gasteiger partial charge in [-0.15, -0.1) is 0 Å². The third kappa shape index (κ3) is 5.22. The molecule has 0 aliphatic rings. The van der Waals surface area contributed by atoms with Crippen LogP contribution in [-0.2, 0) is 20.9 Å².